The lowest BCUT2D eigenvalue weighted by atomic mass is 10.2. The summed E-state index contributed by atoms with van der Waals surface area (Å²) in [7, 11) is 0. The first-order chi connectivity index (χ1) is 9.41. The van der Waals surface area contributed by atoms with Gasteiger partial charge in [0.25, 0.3) is 0 Å². The first kappa shape index (κ1) is 14.2. The van der Waals surface area contributed by atoms with E-state index in [0.717, 1.165) is 23.9 Å². The van der Waals surface area contributed by atoms with Crippen molar-refractivity contribution in [2.75, 3.05) is 0 Å². The fourth-order valence-electron chi connectivity index (χ4n) is 1.32. The zero-order valence-corrected chi connectivity index (χ0v) is 10.5. The molecule has 0 aliphatic carbocycles. The van der Waals surface area contributed by atoms with Gasteiger partial charge in [0.2, 0.25) is 0 Å². The molecule has 0 radical (unpaired) electrons. The van der Waals surface area contributed by atoms with Crippen LogP contribution in [0.3, 0.4) is 0 Å². The maximum Gasteiger partial charge on any atom is 0.433 e. The Kier molecular flexibility index (Phi) is 3.84. The summed E-state index contributed by atoms with van der Waals surface area (Å²) in [6, 6.07) is 1.86. The van der Waals surface area contributed by atoms with Crippen LogP contribution in [0.5, 0.6) is 0 Å². The number of nitrogens with two attached hydrogens (primary N) is 1. The molecule has 20 heavy (non-hydrogen) atoms. The first-order valence-corrected chi connectivity index (χ1v) is 5.97. The molecule has 0 aromatic carbocycles. The number of alkyl halides is 3. The predicted octanol–water partition coefficient (Wildman–Crippen LogP) is 2.07. The van der Waals surface area contributed by atoms with Gasteiger partial charge >= 0.3 is 6.18 Å². The average molecular weight is 303 g/mol. The molecule has 0 atom stereocenters. The average Bonchev–Trinajstić information content (AvgIpc) is 2.89. The topological polar surface area (TPSA) is 100 Å². The molecule has 10 heteroatoms. The van der Waals surface area contributed by atoms with E-state index in [1.165, 1.54) is 12.4 Å². The zero-order valence-electron chi connectivity index (χ0n) is 9.72. The fraction of sp³-hybridized carbons (Fsp3) is 0.100. The fourth-order valence-corrected chi connectivity index (χ4v) is 2.17. The van der Waals surface area contributed by atoms with Gasteiger partial charge in [-0.2, -0.15) is 13.2 Å². The number of hydrogen-bond acceptors (Lipinski definition) is 5. The van der Waals surface area contributed by atoms with E-state index in [1.54, 1.807) is 0 Å². The number of imidazole rings is 1. The second kappa shape index (κ2) is 5.41. The van der Waals surface area contributed by atoms with Crippen LogP contribution >= 0.6 is 11.8 Å². The highest BCUT2D eigenvalue weighted by atomic mass is 32.2. The van der Waals surface area contributed by atoms with Crippen molar-refractivity contribution in [2.45, 2.75) is 16.4 Å². The summed E-state index contributed by atoms with van der Waals surface area (Å²) in [5.74, 6) is -0.333. The summed E-state index contributed by atoms with van der Waals surface area (Å²) in [4.78, 5) is 10.1. The van der Waals surface area contributed by atoms with E-state index < -0.39 is 11.9 Å². The molecule has 0 aliphatic heterocycles. The molecule has 2 aromatic rings. The lowest BCUT2D eigenvalue weighted by Gasteiger charge is -2.10. The second-order valence-electron chi connectivity index (χ2n) is 3.53. The third kappa shape index (κ3) is 3.02. The lowest BCUT2D eigenvalue weighted by molar-refractivity contribution is -0.141. The van der Waals surface area contributed by atoms with Crippen LogP contribution in [-0.4, -0.2) is 26.0 Å². The van der Waals surface area contributed by atoms with Gasteiger partial charge in [0.05, 0.1) is 5.56 Å². The Morgan fingerprint density at radius 3 is 2.70 bits per heavy atom. The van der Waals surface area contributed by atoms with Gasteiger partial charge in [0.15, 0.2) is 11.0 Å². The van der Waals surface area contributed by atoms with Crippen LogP contribution in [0.15, 0.2) is 39.9 Å². The number of amidine groups is 1. The summed E-state index contributed by atoms with van der Waals surface area (Å²) in [5, 5.41) is 11.7. The van der Waals surface area contributed by atoms with Gasteiger partial charge in [-0.05, 0) is 23.9 Å². The maximum absolute atomic E-state index is 12.7. The minimum Gasteiger partial charge on any atom is -0.409 e. The second-order valence-corrected chi connectivity index (χ2v) is 4.51. The summed E-state index contributed by atoms with van der Waals surface area (Å²) in [6.45, 7) is 0. The molecule has 0 saturated carbocycles. The first-order valence-electron chi connectivity index (χ1n) is 5.15. The van der Waals surface area contributed by atoms with E-state index in [1.807, 2.05) is 0 Å². The van der Waals surface area contributed by atoms with E-state index in [4.69, 9.17) is 10.9 Å². The van der Waals surface area contributed by atoms with Crippen LogP contribution in [0.1, 0.15) is 11.3 Å². The van der Waals surface area contributed by atoms with Crippen LogP contribution < -0.4 is 5.73 Å². The summed E-state index contributed by atoms with van der Waals surface area (Å²) in [6.07, 6.45) is -1.62. The van der Waals surface area contributed by atoms with Crippen LogP contribution in [0.2, 0.25) is 0 Å². The van der Waals surface area contributed by atoms with E-state index in [-0.39, 0.29) is 16.4 Å². The number of oxime groups is 1. The molecular weight excluding hydrogens is 295 g/mol. The molecule has 0 amide bonds. The summed E-state index contributed by atoms with van der Waals surface area (Å²) < 4.78 is 38.0. The van der Waals surface area contributed by atoms with Crippen LogP contribution in [0, 0.1) is 0 Å². The molecular formula is C10H8F3N5OS. The SMILES string of the molecule is N/C(=N/O)c1ccc(C(F)(F)F)nc1Sc1ncc[nH]1. The number of rotatable bonds is 3. The molecule has 2 heterocycles. The smallest absolute Gasteiger partial charge is 0.409 e. The van der Waals surface area contributed by atoms with Crippen molar-refractivity contribution in [2.24, 2.45) is 10.9 Å². The van der Waals surface area contributed by atoms with Gasteiger partial charge in [0, 0.05) is 12.4 Å². The molecule has 0 fully saturated rings. The van der Waals surface area contributed by atoms with Crippen molar-refractivity contribution >= 4 is 17.6 Å². The molecule has 0 spiro atoms. The number of halogens is 3. The van der Waals surface area contributed by atoms with Crippen LogP contribution in [-0.2, 0) is 6.18 Å². The number of hydrogen-bond donors (Lipinski definition) is 3. The molecule has 0 saturated heterocycles. The highest BCUT2D eigenvalue weighted by Gasteiger charge is 2.33. The third-order valence-corrected chi connectivity index (χ3v) is 3.12. The van der Waals surface area contributed by atoms with Gasteiger partial charge in [-0.3, -0.25) is 0 Å². The van der Waals surface area contributed by atoms with Crippen molar-refractivity contribution < 1.29 is 18.4 Å². The Bertz CT molecular complexity index is 626. The highest BCUT2D eigenvalue weighted by Crippen LogP contribution is 2.32. The normalized spacial score (nSPS) is 12.7. The quantitative estimate of drug-likeness (QED) is 0.349. The van der Waals surface area contributed by atoms with Crippen molar-refractivity contribution in [1.82, 2.24) is 15.0 Å². The molecule has 2 aromatic heterocycles. The summed E-state index contributed by atoms with van der Waals surface area (Å²) in [5.41, 5.74) is 4.43. The standard InChI is InChI=1S/C10H8F3N5OS/c11-10(12,13)6-2-1-5(7(14)18-19)8(17-6)20-9-15-3-4-16-9/h1-4,19H,(H2,14,18)(H,15,16). The number of nitrogens with zero attached hydrogens (tertiary/aromatic N) is 3. The van der Waals surface area contributed by atoms with Gasteiger partial charge in [-0.25, -0.2) is 9.97 Å². The molecule has 0 unspecified atom stereocenters. The van der Waals surface area contributed by atoms with Gasteiger partial charge in [0.1, 0.15) is 10.7 Å². The number of nitrogens with one attached hydrogen (secondary N) is 1. The van der Waals surface area contributed by atoms with Gasteiger partial charge in [-0.15, -0.1) is 0 Å². The van der Waals surface area contributed by atoms with Crippen molar-refractivity contribution in [3.05, 3.63) is 35.8 Å². The number of aromatic nitrogens is 3. The molecule has 2 rings (SSSR count). The zero-order chi connectivity index (χ0) is 14.8. The number of pyridine rings is 1. The molecule has 106 valence electrons. The Morgan fingerprint density at radius 1 is 1.40 bits per heavy atom. The number of aromatic amines is 1. The van der Waals surface area contributed by atoms with E-state index in [0.29, 0.717) is 5.16 Å². The largest absolute Gasteiger partial charge is 0.433 e. The van der Waals surface area contributed by atoms with E-state index in [2.05, 4.69) is 20.1 Å². The predicted molar refractivity (Wildman–Crippen MR) is 64.5 cm³/mol. The van der Waals surface area contributed by atoms with Crippen molar-refractivity contribution in [1.29, 1.82) is 0 Å². The Labute approximate surface area is 114 Å². The Balaban J connectivity index is 2.48. The minimum atomic E-state index is -4.58. The van der Waals surface area contributed by atoms with Crippen molar-refractivity contribution in [3.8, 4) is 0 Å². The lowest BCUT2D eigenvalue weighted by Crippen LogP contribution is -2.17. The minimum absolute atomic E-state index is 0.0647. The molecule has 0 bridgehead atoms. The van der Waals surface area contributed by atoms with Crippen LogP contribution in [0.4, 0.5) is 13.2 Å². The Hall–Kier alpha value is -2.23. The third-order valence-electron chi connectivity index (χ3n) is 2.20. The van der Waals surface area contributed by atoms with E-state index >= 15 is 0 Å². The van der Waals surface area contributed by atoms with Crippen LogP contribution in [0.25, 0.3) is 0 Å². The van der Waals surface area contributed by atoms with E-state index in [9.17, 15) is 13.2 Å². The van der Waals surface area contributed by atoms with Crippen molar-refractivity contribution in [3.63, 3.8) is 0 Å². The molecule has 6 nitrogen and oxygen atoms in total. The monoisotopic (exact) mass is 303 g/mol. The molecule has 4 N–H and O–H groups in total. The maximum atomic E-state index is 12.7. The Morgan fingerprint density at radius 2 is 2.15 bits per heavy atom. The highest BCUT2D eigenvalue weighted by molar-refractivity contribution is 7.99. The van der Waals surface area contributed by atoms with Gasteiger partial charge in [-0.1, -0.05) is 5.16 Å². The van der Waals surface area contributed by atoms with Gasteiger partial charge < -0.3 is 15.9 Å². The number of H-pyrrole nitrogens is 1. The molecule has 0 aliphatic rings. The summed E-state index contributed by atoms with van der Waals surface area (Å²) >= 11 is 0.845.